The predicted octanol–water partition coefficient (Wildman–Crippen LogP) is 0.893. The summed E-state index contributed by atoms with van der Waals surface area (Å²) >= 11 is 0. The first-order valence-corrected chi connectivity index (χ1v) is 3.77. The molecule has 1 aromatic carbocycles. The lowest BCUT2D eigenvalue weighted by Gasteiger charge is -2.00. The second kappa shape index (κ2) is 3.95. The molecule has 1 aromatic rings. The van der Waals surface area contributed by atoms with E-state index in [4.69, 9.17) is 0 Å². The Hall–Kier alpha value is -1.78. The Morgan fingerprint density at radius 1 is 1.29 bits per heavy atom. The number of carbonyl (C=O) groups excluding carboxylic acids is 2. The highest BCUT2D eigenvalue weighted by Gasteiger charge is 2.18. The average molecular weight is 199 g/mol. The topological polar surface area (TPSA) is 46.2 Å². The van der Waals surface area contributed by atoms with E-state index in [1.54, 1.807) is 0 Å². The van der Waals surface area contributed by atoms with Gasteiger partial charge >= 0.3 is 0 Å². The van der Waals surface area contributed by atoms with E-state index in [1.165, 1.54) is 7.05 Å². The van der Waals surface area contributed by atoms with Crippen molar-refractivity contribution in [2.24, 2.45) is 0 Å². The van der Waals surface area contributed by atoms with Gasteiger partial charge in [-0.2, -0.15) is 0 Å². The van der Waals surface area contributed by atoms with E-state index in [0.717, 1.165) is 12.1 Å². The first kappa shape index (κ1) is 10.3. The van der Waals surface area contributed by atoms with Gasteiger partial charge < -0.3 is 5.32 Å². The van der Waals surface area contributed by atoms with Crippen molar-refractivity contribution < 1.29 is 18.4 Å². The average Bonchev–Trinajstić information content (AvgIpc) is 2.19. The fourth-order valence-corrected chi connectivity index (χ4v) is 0.907. The van der Waals surface area contributed by atoms with Crippen molar-refractivity contribution >= 4 is 11.7 Å². The van der Waals surface area contributed by atoms with Crippen LogP contribution in [0.3, 0.4) is 0 Å². The molecule has 3 nitrogen and oxygen atoms in total. The molecule has 0 aliphatic heterocycles. The number of carbonyl (C=O) groups is 2. The van der Waals surface area contributed by atoms with E-state index in [2.05, 4.69) is 0 Å². The maximum atomic E-state index is 12.9. The molecule has 0 radical (unpaired) electrons. The standard InChI is InChI=1S/C9H7F2NO2/c1-12-9(14)8(13)6-4-5(10)2-3-7(6)11/h2-4H,1H3,(H,12,14). The second-order valence-electron chi connectivity index (χ2n) is 2.53. The van der Waals surface area contributed by atoms with Gasteiger partial charge in [-0.15, -0.1) is 0 Å². The number of hydrogen-bond donors (Lipinski definition) is 1. The third kappa shape index (κ3) is 1.93. The minimum absolute atomic E-state index is 0.565. The monoisotopic (exact) mass is 199 g/mol. The molecule has 1 rings (SSSR count). The van der Waals surface area contributed by atoms with Gasteiger partial charge in [0.25, 0.3) is 11.7 Å². The van der Waals surface area contributed by atoms with E-state index in [0.29, 0.717) is 6.07 Å². The number of ketones is 1. The Kier molecular flexibility index (Phi) is 2.91. The van der Waals surface area contributed by atoms with Crippen LogP contribution in [0.25, 0.3) is 0 Å². The highest BCUT2D eigenvalue weighted by Crippen LogP contribution is 2.10. The number of Topliss-reactive ketones (excluding diaryl/α,β-unsaturated/α-hetero) is 1. The first-order valence-electron chi connectivity index (χ1n) is 3.77. The molecular formula is C9H7F2NO2. The molecule has 0 spiro atoms. The lowest BCUT2D eigenvalue weighted by atomic mass is 10.1. The van der Waals surface area contributed by atoms with Crippen molar-refractivity contribution in [2.75, 3.05) is 7.05 Å². The Morgan fingerprint density at radius 3 is 2.50 bits per heavy atom. The highest BCUT2D eigenvalue weighted by molar-refractivity contribution is 6.42. The van der Waals surface area contributed by atoms with Crippen molar-refractivity contribution in [3.05, 3.63) is 35.4 Å². The summed E-state index contributed by atoms with van der Waals surface area (Å²) in [5.41, 5.74) is -0.565. The van der Waals surface area contributed by atoms with Crippen LogP contribution in [0.4, 0.5) is 8.78 Å². The van der Waals surface area contributed by atoms with E-state index in [9.17, 15) is 18.4 Å². The summed E-state index contributed by atoms with van der Waals surface area (Å²) < 4.78 is 25.6. The van der Waals surface area contributed by atoms with Crippen LogP contribution in [0.1, 0.15) is 10.4 Å². The summed E-state index contributed by atoms with van der Waals surface area (Å²) in [5, 5.41) is 2.03. The SMILES string of the molecule is CNC(=O)C(=O)c1cc(F)ccc1F. The van der Waals surface area contributed by atoms with Gasteiger partial charge in [-0.1, -0.05) is 0 Å². The first-order chi connectivity index (χ1) is 6.56. The zero-order valence-corrected chi connectivity index (χ0v) is 7.30. The molecule has 74 valence electrons. The number of nitrogens with one attached hydrogen (secondary N) is 1. The molecule has 0 fully saturated rings. The van der Waals surface area contributed by atoms with E-state index in [-0.39, 0.29) is 0 Å². The number of rotatable bonds is 2. The third-order valence-corrected chi connectivity index (χ3v) is 1.61. The maximum absolute atomic E-state index is 12.9. The molecular weight excluding hydrogens is 192 g/mol. The van der Waals surface area contributed by atoms with E-state index < -0.39 is 28.9 Å². The largest absolute Gasteiger partial charge is 0.352 e. The molecule has 0 unspecified atom stereocenters. The van der Waals surface area contributed by atoms with E-state index in [1.807, 2.05) is 5.32 Å². The van der Waals surface area contributed by atoms with Crippen molar-refractivity contribution in [3.8, 4) is 0 Å². The summed E-state index contributed by atoms with van der Waals surface area (Å²) in [4.78, 5) is 22.0. The van der Waals surface area contributed by atoms with Crippen molar-refractivity contribution in [1.82, 2.24) is 5.32 Å². The number of amides is 1. The van der Waals surface area contributed by atoms with Gasteiger partial charge in [-0.05, 0) is 18.2 Å². The van der Waals surface area contributed by atoms with Crippen LogP contribution in [0.5, 0.6) is 0 Å². The molecule has 0 aliphatic carbocycles. The fraction of sp³-hybridized carbons (Fsp3) is 0.111. The molecule has 0 aromatic heterocycles. The van der Waals surface area contributed by atoms with E-state index >= 15 is 0 Å². The molecule has 5 heteroatoms. The summed E-state index contributed by atoms with van der Waals surface area (Å²) in [6, 6.07) is 2.36. The number of benzene rings is 1. The summed E-state index contributed by atoms with van der Waals surface area (Å²) in [6.07, 6.45) is 0. The van der Waals surface area contributed by atoms with Crippen LogP contribution < -0.4 is 5.32 Å². The highest BCUT2D eigenvalue weighted by atomic mass is 19.1. The smallest absolute Gasteiger partial charge is 0.292 e. The zero-order valence-electron chi connectivity index (χ0n) is 7.30. The Balaban J connectivity index is 3.12. The van der Waals surface area contributed by atoms with Gasteiger partial charge in [-0.25, -0.2) is 8.78 Å². The summed E-state index contributed by atoms with van der Waals surface area (Å²) in [7, 11) is 1.23. The third-order valence-electron chi connectivity index (χ3n) is 1.61. The maximum Gasteiger partial charge on any atom is 0.292 e. The molecule has 0 bridgehead atoms. The van der Waals surface area contributed by atoms with Crippen LogP contribution >= 0.6 is 0 Å². The van der Waals surface area contributed by atoms with Crippen molar-refractivity contribution in [3.63, 3.8) is 0 Å². The van der Waals surface area contributed by atoms with Gasteiger partial charge in [0.15, 0.2) is 0 Å². The Bertz CT molecular complexity index is 390. The zero-order chi connectivity index (χ0) is 10.7. The van der Waals surface area contributed by atoms with Gasteiger partial charge in [-0.3, -0.25) is 9.59 Å². The summed E-state index contributed by atoms with van der Waals surface area (Å²) in [6.45, 7) is 0. The molecule has 0 saturated heterocycles. The number of halogens is 2. The Morgan fingerprint density at radius 2 is 1.93 bits per heavy atom. The number of likely N-dealkylation sites (N-methyl/N-ethyl adjacent to an activating group) is 1. The van der Waals surface area contributed by atoms with Crippen LogP contribution in [0, 0.1) is 11.6 Å². The van der Waals surface area contributed by atoms with Gasteiger partial charge in [0, 0.05) is 7.05 Å². The molecule has 1 N–H and O–H groups in total. The van der Waals surface area contributed by atoms with Gasteiger partial charge in [0.2, 0.25) is 0 Å². The van der Waals surface area contributed by atoms with Crippen molar-refractivity contribution in [2.45, 2.75) is 0 Å². The molecule has 0 heterocycles. The molecule has 0 aliphatic rings. The molecule has 14 heavy (non-hydrogen) atoms. The minimum atomic E-state index is -1.09. The van der Waals surface area contributed by atoms with Gasteiger partial charge in [0.05, 0.1) is 5.56 Å². The van der Waals surface area contributed by atoms with Crippen LogP contribution in [0.2, 0.25) is 0 Å². The predicted molar refractivity (Wildman–Crippen MR) is 44.8 cm³/mol. The number of hydrogen-bond acceptors (Lipinski definition) is 2. The lowest BCUT2D eigenvalue weighted by Crippen LogP contribution is -2.28. The Labute approximate surface area is 78.7 Å². The minimum Gasteiger partial charge on any atom is -0.352 e. The van der Waals surface area contributed by atoms with Gasteiger partial charge in [0.1, 0.15) is 11.6 Å². The second-order valence-corrected chi connectivity index (χ2v) is 2.53. The fourth-order valence-electron chi connectivity index (χ4n) is 0.907. The molecule has 0 atom stereocenters. The van der Waals surface area contributed by atoms with Crippen molar-refractivity contribution in [1.29, 1.82) is 0 Å². The quantitative estimate of drug-likeness (QED) is 0.568. The summed E-state index contributed by atoms with van der Waals surface area (Å²) in [5.74, 6) is -3.75. The molecule has 0 saturated carbocycles. The van der Waals surface area contributed by atoms with Crippen LogP contribution in [-0.2, 0) is 4.79 Å². The molecule has 1 amide bonds. The van der Waals surface area contributed by atoms with Crippen LogP contribution in [0.15, 0.2) is 18.2 Å². The normalized spacial score (nSPS) is 9.64. The lowest BCUT2D eigenvalue weighted by molar-refractivity contribution is -0.116. The van der Waals surface area contributed by atoms with Crippen LogP contribution in [-0.4, -0.2) is 18.7 Å².